The molecule has 0 fully saturated rings. The molecule has 0 spiro atoms. The van der Waals surface area contributed by atoms with Gasteiger partial charge in [-0.1, -0.05) is 22.9 Å². The van der Waals surface area contributed by atoms with Gasteiger partial charge >= 0.3 is 0 Å². The first kappa shape index (κ1) is 15.6. The number of aromatic nitrogens is 1. The third kappa shape index (κ3) is 4.09. The van der Waals surface area contributed by atoms with Crippen molar-refractivity contribution >= 4 is 34.0 Å². The molecule has 0 radical (unpaired) electrons. The van der Waals surface area contributed by atoms with Gasteiger partial charge in [-0.05, 0) is 37.6 Å². The maximum atomic E-state index is 10.8. The number of ether oxygens (including phenoxy) is 1. The van der Waals surface area contributed by atoms with Crippen molar-refractivity contribution in [3.05, 3.63) is 39.4 Å². The van der Waals surface area contributed by atoms with Crippen LogP contribution < -0.4 is 15.2 Å². The number of carboxylic acids is 1. The monoisotopic (exact) mass is 325 g/mol. The molecule has 1 heterocycles. The first-order valence-electron chi connectivity index (χ1n) is 6.29. The fraction of sp³-hybridized carbons (Fsp3) is 0.286. The first-order chi connectivity index (χ1) is 9.97. The lowest BCUT2D eigenvalue weighted by Crippen LogP contribution is -2.21. The van der Waals surface area contributed by atoms with Crippen molar-refractivity contribution in [3.8, 4) is 5.75 Å². The Morgan fingerprint density at radius 3 is 2.86 bits per heavy atom. The van der Waals surface area contributed by atoms with Crippen molar-refractivity contribution in [1.29, 1.82) is 0 Å². The molecule has 1 N–H and O–H groups in total. The fourth-order valence-electron chi connectivity index (χ4n) is 1.70. The van der Waals surface area contributed by atoms with Crippen molar-refractivity contribution in [1.82, 2.24) is 4.98 Å². The van der Waals surface area contributed by atoms with E-state index in [1.54, 1.807) is 19.1 Å². The van der Waals surface area contributed by atoms with Gasteiger partial charge in [-0.25, -0.2) is 4.98 Å². The lowest BCUT2D eigenvalue weighted by Gasteiger charge is -2.08. The van der Waals surface area contributed by atoms with E-state index in [-0.39, 0.29) is 4.88 Å². The van der Waals surface area contributed by atoms with E-state index in [9.17, 15) is 9.90 Å². The summed E-state index contributed by atoms with van der Waals surface area (Å²) in [6.07, 6.45) is 0. The van der Waals surface area contributed by atoms with Crippen LogP contribution >= 0.6 is 22.9 Å². The molecular formula is C14H14ClN2O3S-. The summed E-state index contributed by atoms with van der Waals surface area (Å²) < 4.78 is 5.58. The zero-order chi connectivity index (χ0) is 15.4. The SMILES string of the molecule is Cc1cc(OCCNc2nc(C)c(C(=O)[O-])s2)ccc1Cl. The van der Waals surface area contributed by atoms with E-state index in [1.807, 2.05) is 13.0 Å². The van der Waals surface area contributed by atoms with E-state index in [0.717, 1.165) is 22.6 Å². The summed E-state index contributed by atoms with van der Waals surface area (Å²) in [7, 11) is 0. The summed E-state index contributed by atoms with van der Waals surface area (Å²) in [6, 6.07) is 5.46. The van der Waals surface area contributed by atoms with Crippen LogP contribution in [0.15, 0.2) is 18.2 Å². The molecule has 112 valence electrons. The van der Waals surface area contributed by atoms with Crippen LogP contribution in [0.3, 0.4) is 0 Å². The predicted octanol–water partition coefficient (Wildman–Crippen LogP) is 2.27. The van der Waals surface area contributed by atoms with Crippen LogP contribution in [-0.2, 0) is 0 Å². The number of rotatable bonds is 6. The minimum absolute atomic E-state index is 0.145. The highest BCUT2D eigenvalue weighted by atomic mass is 35.5. The van der Waals surface area contributed by atoms with Crippen LogP contribution in [-0.4, -0.2) is 24.1 Å². The number of nitrogens with one attached hydrogen (secondary N) is 1. The Morgan fingerprint density at radius 1 is 1.48 bits per heavy atom. The van der Waals surface area contributed by atoms with Gasteiger partial charge in [0, 0.05) is 5.02 Å². The Kier molecular flexibility index (Phi) is 5.03. The van der Waals surface area contributed by atoms with Gasteiger partial charge in [0.15, 0.2) is 5.13 Å². The van der Waals surface area contributed by atoms with E-state index < -0.39 is 5.97 Å². The molecule has 0 aliphatic rings. The second kappa shape index (κ2) is 6.78. The molecule has 2 rings (SSSR count). The molecule has 0 bridgehead atoms. The zero-order valence-corrected chi connectivity index (χ0v) is 13.2. The van der Waals surface area contributed by atoms with Crippen LogP contribution in [0.25, 0.3) is 0 Å². The van der Waals surface area contributed by atoms with Crippen LogP contribution in [0, 0.1) is 13.8 Å². The number of aryl methyl sites for hydroxylation is 2. The summed E-state index contributed by atoms with van der Waals surface area (Å²) in [5.41, 5.74) is 1.41. The second-order valence-electron chi connectivity index (χ2n) is 4.41. The van der Waals surface area contributed by atoms with Crippen LogP contribution in [0.5, 0.6) is 5.75 Å². The number of carboxylic acid groups (broad SMARTS) is 1. The number of aromatic carboxylic acids is 1. The van der Waals surface area contributed by atoms with E-state index in [1.165, 1.54) is 0 Å². The molecule has 0 unspecified atom stereocenters. The highest BCUT2D eigenvalue weighted by Gasteiger charge is 2.07. The molecule has 2 aromatic rings. The van der Waals surface area contributed by atoms with Gasteiger partial charge < -0.3 is 20.0 Å². The van der Waals surface area contributed by atoms with Crippen LogP contribution in [0.2, 0.25) is 5.02 Å². The van der Waals surface area contributed by atoms with Crippen molar-refractivity contribution < 1.29 is 14.6 Å². The van der Waals surface area contributed by atoms with Crippen molar-refractivity contribution in [3.63, 3.8) is 0 Å². The Bertz CT molecular complexity index is 658. The molecule has 0 aliphatic heterocycles. The Labute approximate surface area is 131 Å². The molecule has 0 saturated heterocycles. The lowest BCUT2D eigenvalue weighted by atomic mass is 10.2. The Hall–Kier alpha value is -1.79. The molecule has 1 aromatic carbocycles. The molecule has 0 saturated carbocycles. The van der Waals surface area contributed by atoms with Crippen LogP contribution in [0.4, 0.5) is 5.13 Å². The molecule has 1 aromatic heterocycles. The van der Waals surface area contributed by atoms with Crippen molar-refractivity contribution in [2.45, 2.75) is 13.8 Å². The topological polar surface area (TPSA) is 74.3 Å². The van der Waals surface area contributed by atoms with E-state index >= 15 is 0 Å². The average Bonchev–Trinajstić information content (AvgIpc) is 2.80. The fourth-order valence-corrected chi connectivity index (χ4v) is 2.64. The van der Waals surface area contributed by atoms with Gasteiger partial charge in [0.2, 0.25) is 0 Å². The number of halogens is 1. The number of hydrogen-bond donors (Lipinski definition) is 1. The Balaban J connectivity index is 1.83. The molecule has 0 atom stereocenters. The van der Waals surface area contributed by atoms with Gasteiger partial charge in [-0.2, -0.15) is 0 Å². The number of benzene rings is 1. The second-order valence-corrected chi connectivity index (χ2v) is 5.81. The summed E-state index contributed by atoms with van der Waals surface area (Å²) in [5, 5.41) is 15.1. The number of nitrogens with zero attached hydrogens (tertiary/aromatic N) is 1. The number of carbonyl (C=O) groups excluding carboxylic acids is 1. The van der Waals surface area contributed by atoms with Gasteiger partial charge in [-0.15, -0.1) is 0 Å². The van der Waals surface area contributed by atoms with E-state index in [0.29, 0.717) is 29.0 Å². The molecule has 7 heteroatoms. The first-order valence-corrected chi connectivity index (χ1v) is 7.48. The quantitative estimate of drug-likeness (QED) is 0.825. The van der Waals surface area contributed by atoms with Gasteiger partial charge in [0.05, 0.1) is 23.1 Å². The zero-order valence-electron chi connectivity index (χ0n) is 11.6. The smallest absolute Gasteiger partial charge is 0.183 e. The number of thiazole rings is 1. The standard InChI is InChI=1S/C14H15ClN2O3S/c1-8-7-10(3-4-11(8)15)20-6-5-16-14-17-9(2)12(21-14)13(18)19/h3-4,7H,5-6H2,1-2H3,(H,16,17)(H,18,19)/p-1. The summed E-state index contributed by atoms with van der Waals surface area (Å²) in [5.74, 6) is -0.463. The van der Waals surface area contributed by atoms with Gasteiger partial charge in [0.1, 0.15) is 12.4 Å². The Morgan fingerprint density at radius 2 is 2.24 bits per heavy atom. The van der Waals surface area contributed by atoms with E-state index in [4.69, 9.17) is 16.3 Å². The van der Waals surface area contributed by atoms with Crippen molar-refractivity contribution in [2.24, 2.45) is 0 Å². The predicted molar refractivity (Wildman–Crippen MR) is 81.4 cm³/mol. The molecule has 5 nitrogen and oxygen atoms in total. The third-order valence-corrected chi connectivity index (χ3v) is 4.28. The minimum Gasteiger partial charge on any atom is -0.544 e. The maximum Gasteiger partial charge on any atom is 0.183 e. The summed E-state index contributed by atoms with van der Waals surface area (Å²) in [4.78, 5) is 15.1. The summed E-state index contributed by atoms with van der Waals surface area (Å²) >= 11 is 7.00. The lowest BCUT2D eigenvalue weighted by molar-refractivity contribution is -0.254. The molecule has 0 aliphatic carbocycles. The number of anilines is 1. The molecule has 21 heavy (non-hydrogen) atoms. The minimum atomic E-state index is -1.20. The molecular weight excluding hydrogens is 312 g/mol. The highest BCUT2D eigenvalue weighted by molar-refractivity contribution is 7.17. The summed E-state index contributed by atoms with van der Waals surface area (Å²) in [6.45, 7) is 4.49. The maximum absolute atomic E-state index is 10.8. The molecule has 0 amide bonds. The highest BCUT2D eigenvalue weighted by Crippen LogP contribution is 2.22. The van der Waals surface area contributed by atoms with Crippen LogP contribution in [0.1, 0.15) is 20.9 Å². The normalized spacial score (nSPS) is 10.4. The average molecular weight is 326 g/mol. The van der Waals surface area contributed by atoms with Gasteiger partial charge in [-0.3, -0.25) is 0 Å². The van der Waals surface area contributed by atoms with Crippen molar-refractivity contribution in [2.75, 3.05) is 18.5 Å². The largest absolute Gasteiger partial charge is 0.544 e. The van der Waals surface area contributed by atoms with E-state index in [2.05, 4.69) is 10.3 Å². The number of hydrogen-bond acceptors (Lipinski definition) is 6. The number of carbonyl (C=O) groups is 1. The third-order valence-electron chi connectivity index (χ3n) is 2.76. The van der Waals surface area contributed by atoms with Gasteiger partial charge in [0.25, 0.3) is 0 Å².